The Kier molecular flexibility index (Phi) is 4.27. The molecule has 112 valence electrons. The molecular formula is C15H20N4OS. The molecule has 1 amide bonds. The number of anilines is 1. The number of hydrogen-bond acceptors (Lipinski definition) is 5. The van der Waals surface area contributed by atoms with E-state index in [0.29, 0.717) is 17.1 Å². The summed E-state index contributed by atoms with van der Waals surface area (Å²) in [6, 6.07) is 7.54. The van der Waals surface area contributed by atoms with Crippen LogP contribution in [-0.2, 0) is 12.0 Å². The Balaban J connectivity index is 2.19. The average Bonchev–Trinajstić information content (AvgIpc) is 2.86. The predicted molar refractivity (Wildman–Crippen MR) is 85.3 cm³/mol. The van der Waals surface area contributed by atoms with E-state index < -0.39 is 0 Å². The fraction of sp³-hybridized carbons (Fsp3) is 0.400. The van der Waals surface area contributed by atoms with Crippen LogP contribution in [0.5, 0.6) is 0 Å². The first-order valence-corrected chi connectivity index (χ1v) is 7.49. The van der Waals surface area contributed by atoms with Crippen LogP contribution in [0.25, 0.3) is 0 Å². The summed E-state index contributed by atoms with van der Waals surface area (Å²) in [5.41, 5.74) is 8.01. The second kappa shape index (κ2) is 5.81. The van der Waals surface area contributed by atoms with E-state index in [1.54, 1.807) is 11.9 Å². The third-order valence-electron chi connectivity index (χ3n) is 3.11. The van der Waals surface area contributed by atoms with Crippen molar-refractivity contribution in [2.75, 3.05) is 12.8 Å². The molecule has 1 aromatic carbocycles. The molecule has 0 radical (unpaired) electrons. The first-order valence-electron chi connectivity index (χ1n) is 6.72. The van der Waals surface area contributed by atoms with Crippen molar-refractivity contribution in [3.8, 4) is 0 Å². The van der Waals surface area contributed by atoms with E-state index in [1.807, 2.05) is 45.0 Å². The lowest BCUT2D eigenvalue weighted by molar-refractivity contribution is 0.0787. The van der Waals surface area contributed by atoms with Gasteiger partial charge in [0, 0.05) is 24.7 Å². The fourth-order valence-corrected chi connectivity index (χ4v) is 2.90. The zero-order valence-corrected chi connectivity index (χ0v) is 13.6. The summed E-state index contributed by atoms with van der Waals surface area (Å²) in [4.78, 5) is 14.9. The largest absolute Gasteiger partial charge is 0.399 e. The number of carbonyl (C=O) groups excluding carboxylic acids is 1. The van der Waals surface area contributed by atoms with Gasteiger partial charge in [0.1, 0.15) is 4.88 Å². The van der Waals surface area contributed by atoms with E-state index in [1.165, 1.54) is 0 Å². The Morgan fingerprint density at radius 1 is 1.38 bits per heavy atom. The summed E-state index contributed by atoms with van der Waals surface area (Å²) in [5.74, 6) is -0.0580. The molecule has 0 atom stereocenters. The van der Waals surface area contributed by atoms with Crippen LogP contribution in [0.15, 0.2) is 24.3 Å². The maximum absolute atomic E-state index is 12.6. The Bertz CT molecular complexity index is 645. The van der Waals surface area contributed by atoms with Crippen molar-refractivity contribution in [3.05, 3.63) is 40.4 Å². The van der Waals surface area contributed by atoms with Gasteiger partial charge in [0.15, 0.2) is 0 Å². The van der Waals surface area contributed by atoms with Crippen LogP contribution in [0.1, 0.15) is 41.7 Å². The highest BCUT2D eigenvalue weighted by molar-refractivity contribution is 7.08. The van der Waals surface area contributed by atoms with Crippen LogP contribution >= 0.6 is 11.5 Å². The maximum Gasteiger partial charge on any atom is 0.267 e. The standard InChI is InChI=1S/C15H20N4OS/c1-15(2,3)13-12(21-18-17-13)14(20)19(4)9-10-6-5-7-11(16)8-10/h5-8H,9,16H2,1-4H3. The topological polar surface area (TPSA) is 72.1 Å². The van der Waals surface area contributed by atoms with Crippen molar-refractivity contribution in [2.45, 2.75) is 32.7 Å². The molecule has 0 aliphatic heterocycles. The van der Waals surface area contributed by atoms with Gasteiger partial charge in [-0.05, 0) is 29.2 Å². The number of aromatic nitrogens is 2. The van der Waals surface area contributed by atoms with Gasteiger partial charge in [-0.3, -0.25) is 4.79 Å². The van der Waals surface area contributed by atoms with Crippen LogP contribution in [0.2, 0.25) is 0 Å². The van der Waals surface area contributed by atoms with Gasteiger partial charge in [0.05, 0.1) is 5.69 Å². The second-order valence-corrected chi connectivity index (χ2v) is 6.86. The van der Waals surface area contributed by atoms with Crippen LogP contribution < -0.4 is 5.73 Å². The molecule has 0 saturated carbocycles. The molecule has 2 rings (SSSR count). The number of nitrogens with two attached hydrogens (primary N) is 1. The second-order valence-electron chi connectivity index (χ2n) is 6.11. The lowest BCUT2D eigenvalue weighted by Gasteiger charge is -2.20. The van der Waals surface area contributed by atoms with Gasteiger partial charge in [-0.2, -0.15) is 0 Å². The minimum Gasteiger partial charge on any atom is -0.399 e. The molecule has 21 heavy (non-hydrogen) atoms. The van der Waals surface area contributed by atoms with Crippen LogP contribution in [0, 0.1) is 0 Å². The monoisotopic (exact) mass is 304 g/mol. The van der Waals surface area contributed by atoms with Crippen molar-refractivity contribution in [2.24, 2.45) is 0 Å². The lowest BCUT2D eigenvalue weighted by Crippen LogP contribution is -2.28. The molecule has 0 unspecified atom stereocenters. The molecule has 2 N–H and O–H groups in total. The Hall–Kier alpha value is -1.95. The van der Waals surface area contributed by atoms with Gasteiger partial charge in [0.25, 0.3) is 5.91 Å². The molecule has 0 aliphatic rings. The molecule has 5 nitrogen and oxygen atoms in total. The van der Waals surface area contributed by atoms with Crippen molar-refractivity contribution in [3.63, 3.8) is 0 Å². The minimum absolute atomic E-state index is 0.0580. The minimum atomic E-state index is -0.198. The lowest BCUT2D eigenvalue weighted by atomic mass is 9.91. The highest BCUT2D eigenvalue weighted by atomic mass is 32.1. The average molecular weight is 304 g/mol. The number of carbonyl (C=O) groups is 1. The molecule has 6 heteroatoms. The molecule has 1 aromatic heterocycles. The summed E-state index contributed by atoms with van der Waals surface area (Å²) >= 11 is 1.15. The number of benzene rings is 1. The van der Waals surface area contributed by atoms with E-state index in [0.717, 1.165) is 22.8 Å². The molecule has 0 spiro atoms. The van der Waals surface area contributed by atoms with Crippen molar-refractivity contribution >= 4 is 23.1 Å². The summed E-state index contributed by atoms with van der Waals surface area (Å²) in [6.07, 6.45) is 0. The van der Waals surface area contributed by atoms with Crippen LogP contribution in [-0.4, -0.2) is 27.4 Å². The zero-order valence-electron chi connectivity index (χ0n) is 12.8. The molecule has 0 fully saturated rings. The van der Waals surface area contributed by atoms with Crippen LogP contribution in [0.4, 0.5) is 5.69 Å². The van der Waals surface area contributed by atoms with Gasteiger partial charge >= 0.3 is 0 Å². The highest BCUT2D eigenvalue weighted by Gasteiger charge is 2.27. The molecular weight excluding hydrogens is 284 g/mol. The SMILES string of the molecule is CN(Cc1cccc(N)c1)C(=O)c1snnc1C(C)(C)C. The van der Waals surface area contributed by atoms with E-state index in [-0.39, 0.29) is 11.3 Å². The summed E-state index contributed by atoms with van der Waals surface area (Å²) in [5, 5.41) is 4.11. The molecule has 2 aromatic rings. The summed E-state index contributed by atoms with van der Waals surface area (Å²) in [7, 11) is 1.78. The van der Waals surface area contributed by atoms with E-state index >= 15 is 0 Å². The zero-order chi connectivity index (χ0) is 15.6. The van der Waals surface area contributed by atoms with Crippen molar-refractivity contribution < 1.29 is 4.79 Å². The van der Waals surface area contributed by atoms with Crippen molar-refractivity contribution in [1.82, 2.24) is 14.5 Å². The third kappa shape index (κ3) is 3.58. The number of amides is 1. The Morgan fingerprint density at radius 2 is 2.10 bits per heavy atom. The summed E-state index contributed by atoms with van der Waals surface area (Å²) < 4.78 is 3.94. The Morgan fingerprint density at radius 3 is 2.71 bits per heavy atom. The number of hydrogen-bond donors (Lipinski definition) is 1. The molecule has 0 bridgehead atoms. The summed E-state index contributed by atoms with van der Waals surface area (Å²) in [6.45, 7) is 6.58. The third-order valence-corrected chi connectivity index (χ3v) is 3.82. The highest BCUT2D eigenvalue weighted by Crippen LogP contribution is 2.27. The Labute approximate surface area is 128 Å². The normalized spacial score (nSPS) is 11.4. The quantitative estimate of drug-likeness (QED) is 0.885. The van der Waals surface area contributed by atoms with Crippen molar-refractivity contribution in [1.29, 1.82) is 0 Å². The number of nitrogens with zero attached hydrogens (tertiary/aromatic N) is 3. The maximum atomic E-state index is 12.6. The fourth-order valence-electron chi connectivity index (χ4n) is 2.03. The molecule has 1 heterocycles. The number of nitrogen functional groups attached to an aromatic ring is 1. The van der Waals surface area contributed by atoms with Crippen LogP contribution in [0.3, 0.4) is 0 Å². The van der Waals surface area contributed by atoms with Gasteiger partial charge < -0.3 is 10.6 Å². The first kappa shape index (κ1) is 15.4. The van der Waals surface area contributed by atoms with Gasteiger partial charge in [0.2, 0.25) is 0 Å². The molecule has 0 saturated heterocycles. The smallest absolute Gasteiger partial charge is 0.267 e. The van der Waals surface area contributed by atoms with E-state index in [2.05, 4.69) is 9.59 Å². The molecule has 0 aliphatic carbocycles. The first-order chi connectivity index (χ1) is 9.79. The number of rotatable bonds is 3. The predicted octanol–water partition coefficient (Wildman–Crippen LogP) is 2.69. The van der Waals surface area contributed by atoms with Gasteiger partial charge in [-0.15, -0.1) is 5.10 Å². The van der Waals surface area contributed by atoms with Gasteiger partial charge in [-0.1, -0.05) is 37.4 Å². The van der Waals surface area contributed by atoms with E-state index in [4.69, 9.17) is 5.73 Å². The van der Waals surface area contributed by atoms with Gasteiger partial charge in [-0.25, -0.2) is 0 Å². The van der Waals surface area contributed by atoms with E-state index in [9.17, 15) is 4.79 Å².